The van der Waals surface area contributed by atoms with Gasteiger partial charge in [-0.15, -0.1) is 0 Å². The fourth-order valence-electron chi connectivity index (χ4n) is 2.30. The van der Waals surface area contributed by atoms with Gasteiger partial charge in [0.05, 0.1) is 0 Å². The van der Waals surface area contributed by atoms with Crippen molar-refractivity contribution in [1.29, 1.82) is 0 Å². The minimum atomic E-state index is 0.316. The van der Waals surface area contributed by atoms with E-state index in [-0.39, 0.29) is 0 Å². The third-order valence-corrected chi connectivity index (χ3v) is 3.44. The van der Waals surface area contributed by atoms with E-state index < -0.39 is 0 Å². The third kappa shape index (κ3) is 2.94. The van der Waals surface area contributed by atoms with Crippen molar-refractivity contribution < 1.29 is 5.11 Å². The van der Waals surface area contributed by atoms with Gasteiger partial charge < -0.3 is 10.0 Å². The fourth-order valence-corrected chi connectivity index (χ4v) is 2.30. The highest BCUT2D eigenvalue weighted by Gasteiger charge is 2.19. The first kappa shape index (κ1) is 12.3. The Bertz CT molecular complexity index is 373. The Hall–Kier alpha value is -1.16. The summed E-state index contributed by atoms with van der Waals surface area (Å²) in [4.78, 5) is 11.2. The second-order valence-electron chi connectivity index (χ2n) is 4.73. The SMILES string of the molecule is CCc1cc(N2CCC(CO)CC2)nc(C)n1. The van der Waals surface area contributed by atoms with E-state index in [4.69, 9.17) is 5.11 Å². The molecule has 2 rings (SSSR count). The maximum absolute atomic E-state index is 9.13. The lowest BCUT2D eigenvalue weighted by Crippen LogP contribution is -2.35. The lowest BCUT2D eigenvalue weighted by molar-refractivity contribution is 0.202. The second-order valence-corrected chi connectivity index (χ2v) is 4.73. The first-order valence-corrected chi connectivity index (χ1v) is 6.43. The van der Waals surface area contributed by atoms with Crippen LogP contribution in [0.3, 0.4) is 0 Å². The molecule has 1 saturated heterocycles. The van der Waals surface area contributed by atoms with Crippen molar-refractivity contribution in [3.8, 4) is 0 Å². The number of nitrogens with zero attached hydrogens (tertiary/aromatic N) is 3. The summed E-state index contributed by atoms with van der Waals surface area (Å²) in [6.45, 7) is 6.36. The van der Waals surface area contributed by atoms with E-state index in [1.54, 1.807) is 0 Å². The van der Waals surface area contributed by atoms with Gasteiger partial charge in [0.1, 0.15) is 11.6 Å². The molecule has 0 aliphatic carbocycles. The van der Waals surface area contributed by atoms with Gasteiger partial charge in [-0.3, -0.25) is 0 Å². The van der Waals surface area contributed by atoms with Crippen molar-refractivity contribution >= 4 is 5.82 Å². The number of aryl methyl sites for hydroxylation is 2. The standard InChI is InChI=1S/C13H21N3O/c1-3-12-8-13(15-10(2)14-12)16-6-4-11(9-17)5-7-16/h8,11,17H,3-7,9H2,1-2H3. The predicted molar refractivity (Wildman–Crippen MR) is 68.2 cm³/mol. The zero-order valence-corrected chi connectivity index (χ0v) is 10.7. The Morgan fingerprint density at radius 1 is 1.35 bits per heavy atom. The second kappa shape index (κ2) is 5.45. The molecular weight excluding hydrogens is 214 g/mol. The van der Waals surface area contributed by atoms with E-state index in [2.05, 4.69) is 27.9 Å². The Labute approximate surface area is 103 Å². The van der Waals surface area contributed by atoms with E-state index >= 15 is 0 Å². The number of piperidine rings is 1. The molecule has 0 bridgehead atoms. The van der Waals surface area contributed by atoms with E-state index in [0.717, 1.165) is 49.7 Å². The van der Waals surface area contributed by atoms with Crippen LogP contribution in [0.4, 0.5) is 5.82 Å². The minimum Gasteiger partial charge on any atom is -0.396 e. The smallest absolute Gasteiger partial charge is 0.132 e. The van der Waals surface area contributed by atoms with Crippen LogP contribution in [0.1, 0.15) is 31.3 Å². The first-order chi connectivity index (χ1) is 8.22. The van der Waals surface area contributed by atoms with Crippen molar-refractivity contribution in [2.75, 3.05) is 24.6 Å². The number of anilines is 1. The first-order valence-electron chi connectivity index (χ1n) is 6.43. The molecule has 17 heavy (non-hydrogen) atoms. The Balaban J connectivity index is 2.10. The van der Waals surface area contributed by atoms with Crippen LogP contribution in [0.5, 0.6) is 0 Å². The molecule has 0 unspecified atom stereocenters. The average molecular weight is 235 g/mol. The predicted octanol–water partition coefficient (Wildman–Crippen LogP) is 1.56. The molecule has 0 atom stereocenters. The zero-order chi connectivity index (χ0) is 12.3. The Morgan fingerprint density at radius 3 is 2.65 bits per heavy atom. The van der Waals surface area contributed by atoms with Crippen molar-refractivity contribution in [2.24, 2.45) is 5.92 Å². The van der Waals surface area contributed by atoms with Gasteiger partial charge in [0.25, 0.3) is 0 Å². The maximum Gasteiger partial charge on any atom is 0.132 e. The number of hydrogen-bond donors (Lipinski definition) is 1. The van der Waals surface area contributed by atoms with Crippen LogP contribution in [0.15, 0.2) is 6.07 Å². The number of aliphatic hydroxyl groups is 1. The molecule has 1 N–H and O–H groups in total. The van der Waals surface area contributed by atoms with Gasteiger partial charge >= 0.3 is 0 Å². The van der Waals surface area contributed by atoms with Crippen LogP contribution in [0.2, 0.25) is 0 Å². The molecule has 0 radical (unpaired) electrons. The van der Waals surface area contributed by atoms with E-state index in [0.29, 0.717) is 12.5 Å². The third-order valence-electron chi connectivity index (χ3n) is 3.44. The van der Waals surface area contributed by atoms with Crippen LogP contribution in [0, 0.1) is 12.8 Å². The summed E-state index contributed by atoms with van der Waals surface area (Å²) in [5, 5.41) is 9.13. The summed E-state index contributed by atoms with van der Waals surface area (Å²) in [6, 6.07) is 2.09. The van der Waals surface area contributed by atoms with Crippen LogP contribution in [0.25, 0.3) is 0 Å². The maximum atomic E-state index is 9.13. The fraction of sp³-hybridized carbons (Fsp3) is 0.692. The summed E-state index contributed by atoms with van der Waals surface area (Å²) in [5.41, 5.74) is 1.11. The molecule has 0 spiro atoms. The summed E-state index contributed by atoms with van der Waals surface area (Å²) >= 11 is 0. The molecule has 4 heteroatoms. The van der Waals surface area contributed by atoms with Gasteiger partial charge in [0, 0.05) is 31.5 Å². The normalized spacial score (nSPS) is 17.5. The van der Waals surface area contributed by atoms with Gasteiger partial charge in [-0.25, -0.2) is 9.97 Å². The van der Waals surface area contributed by atoms with Crippen LogP contribution < -0.4 is 4.90 Å². The molecule has 0 saturated carbocycles. The largest absolute Gasteiger partial charge is 0.396 e. The van der Waals surface area contributed by atoms with Gasteiger partial charge in [-0.2, -0.15) is 0 Å². The van der Waals surface area contributed by atoms with E-state index in [1.165, 1.54) is 0 Å². The average Bonchev–Trinajstić information content (AvgIpc) is 2.38. The molecule has 4 nitrogen and oxygen atoms in total. The molecule has 1 fully saturated rings. The molecule has 0 aromatic carbocycles. The lowest BCUT2D eigenvalue weighted by atomic mass is 9.98. The highest BCUT2D eigenvalue weighted by atomic mass is 16.3. The van der Waals surface area contributed by atoms with Crippen molar-refractivity contribution in [1.82, 2.24) is 9.97 Å². The van der Waals surface area contributed by atoms with Gasteiger partial charge in [-0.05, 0) is 32.1 Å². The van der Waals surface area contributed by atoms with Crippen molar-refractivity contribution in [3.05, 3.63) is 17.6 Å². The molecule has 94 valence electrons. The number of rotatable bonds is 3. The minimum absolute atomic E-state index is 0.316. The summed E-state index contributed by atoms with van der Waals surface area (Å²) in [7, 11) is 0. The van der Waals surface area contributed by atoms with Crippen molar-refractivity contribution in [3.63, 3.8) is 0 Å². The van der Waals surface area contributed by atoms with Crippen molar-refractivity contribution in [2.45, 2.75) is 33.1 Å². The quantitative estimate of drug-likeness (QED) is 0.863. The number of hydrogen-bond acceptors (Lipinski definition) is 4. The molecule has 1 aromatic rings. The number of aliphatic hydroxyl groups excluding tert-OH is 1. The molecule has 1 aliphatic rings. The highest BCUT2D eigenvalue weighted by molar-refractivity contribution is 5.40. The van der Waals surface area contributed by atoms with Gasteiger partial charge in [0.2, 0.25) is 0 Å². The topological polar surface area (TPSA) is 49.2 Å². The van der Waals surface area contributed by atoms with E-state index in [1.807, 2.05) is 6.92 Å². The summed E-state index contributed by atoms with van der Waals surface area (Å²) in [6.07, 6.45) is 3.06. The monoisotopic (exact) mass is 235 g/mol. The summed E-state index contributed by atoms with van der Waals surface area (Å²) < 4.78 is 0. The van der Waals surface area contributed by atoms with Crippen LogP contribution >= 0.6 is 0 Å². The van der Waals surface area contributed by atoms with Gasteiger partial charge in [-0.1, -0.05) is 6.92 Å². The highest BCUT2D eigenvalue weighted by Crippen LogP contribution is 2.22. The molecule has 0 amide bonds. The van der Waals surface area contributed by atoms with Gasteiger partial charge in [0.15, 0.2) is 0 Å². The summed E-state index contributed by atoms with van der Waals surface area (Å²) in [5.74, 6) is 2.37. The molecule has 1 aromatic heterocycles. The lowest BCUT2D eigenvalue weighted by Gasteiger charge is -2.32. The number of aromatic nitrogens is 2. The Morgan fingerprint density at radius 2 is 2.06 bits per heavy atom. The van der Waals surface area contributed by atoms with Crippen LogP contribution in [-0.4, -0.2) is 34.8 Å². The molecular formula is C13H21N3O. The molecule has 1 aliphatic heterocycles. The molecule has 2 heterocycles. The zero-order valence-electron chi connectivity index (χ0n) is 10.7. The van der Waals surface area contributed by atoms with Crippen LogP contribution in [-0.2, 0) is 6.42 Å². The van der Waals surface area contributed by atoms with E-state index in [9.17, 15) is 0 Å². The Kier molecular flexibility index (Phi) is 3.94.